The van der Waals surface area contributed by atoms with Gasteiger partial charge in [-0.15, -0.1) is 0 Å². The highest BCUT2D eigenvalue weighted by atomic mass is 35.7. The standard InChI is InChI=1S/C24H35ClNP/c1-22(2,3)17-15-19(23(4,5)6)21(20(16-17)24(7,8)9)26-27(25)18-13-11-10-12-14-18/h10-16,26H,1-9H3. The van der Waals surface area contributed by atoms with Crippen molar-refractivity contribution in [3.8, 4) is 0 Å². The SMILES string of the molecule is CC(C)(C)c1cc(C(C)(C)C)c(NP(Cl)c2ccccc2)c(C(C)(C)C)c1. The van der Waals surface area contributed by atoms with Crippen molar-refractivity contribution in [1.82, 2.24) is 0 Å². The summed E-state index contributed by atoms with van der Waals surface area (Å²) >= 11 is 6.87. The number of nitrogens with one attached hydrogen (secondary N) is 1. The largest absolute Gasteiger partial charge is 0.348 e. The molecular weight excluding hydrogens is 369 g/mol. The summed E-state index contributed by atoms with van der Waals surface area (Å²) in [4.78, 5) is 0. The Kier molecular flexibility index (Phi) is 6.40. The second-order valence-corrected chi connectivity index (χ2v) is 12.7. The normalized spacial score (nSPS) is 14.1. The summed E-state index contributed by atoms with van der Waals surface area (Å²) in [6, 6.07) is 15.1. The van der Waals surface area contributed by atoms with E-state index in [9.17, 15) is 0 Å². The highest BCUT2D eigenvalue weighted by molar-refractivity contribution is 7.91. The molecule has 1 N–H and O–H groups in total. The van der Waals surface area contributed by atoms with Crippen LogP contribution in [0, 0.1) is 0 Å². The van der Waals surface area contributed by atoms with Gasteiger partial charge in [-0.2, -0.15) is 0 Å². The molecule has 0 spiro atoms. The van der Waals surface area contributed by atoms with Gasteiger partial charge >= 0.3 is 0 Å². The zero-order chi connectivity index (χ0) is 20.6. The van der Waals surface area contributed by atoms with E-state index in [-0.39, 0.29) is 16.2 Å². The highest BCUT2D eigenvalue weighted by Crippen LogP contribution is 2.48. The fourth-order valence-corrected chi connectivity index (χ4v) is 4.69. The Morgan fingerprint density at radius 1 is 0.704 bits per heavy atom. The molecule has 2 aromatic carbocycles. The van der Waals surface area contributed by atoms with E-state index >= 15 is 0 Å². The topological polar surface area (TPSA) is 12.0 Å². The van der Waals surface area contributed by atoms with Crippen LogP contribution in [0.3, 0.4) is 0 Å². The second kappa shape index (κ2) is 7.76. The lowest BCUT2D eigenvalue weighted by molar-refractivity contribution is 0.551. The molecule has 1 nitrogen and oxygen atoms in total. The predicted octanol–water partition coefficient (Wildman–Crippen LogP) is 7.87. The van der Waals surface area contributed by atoms with Gasteiger partial charge in [-0.3, -0.25) is 0 Å². The average molecular weight is 404 g/mol. The van der Waals surface area contributed by atoms with Crippen molar-refractivity contribution in [1.29, 1.82) is 0 Å². The molecule has 2 aromatic rings. The minimum atomic E-state index is -0.994. The second-order valence-electron chi connectivity index (χ2n) is 10.4. The summed E-state index contributed by atoms with van der Waals surface area (Å²) in [6.45, 7) is 20.6. The lowest BCUT2D eigenvalue weighted by Crippen LogP contribution is -2.23. The van der Waals surface area contributed by atoms with Gasteiger partial charge in [-0.05, 0) is 32.9 Å². The van der Waals surface area contributed by atoms with Crippen LogP contribution in [-0.4, -0.2) is 0 Å². The van der Waals surface area contributed by atoms with Crippen LogP contribution >= 0.6 is 18.7 Å². The van der Waals surface area contributed by atoms with Crippen LogP contribution in [0.1, 0.15) is 79.0 Å². The highest BCUT2D eigenvalue weighted by Gasteiger charge is 2.30. The van der Waals surface area contributed by atoms with Crippen LogP contribution in [0.25, 0.3) is 0 Å². The first-order valence-corrected chi connectivity index (χ1v) is 11.9. The molecule has 2 rings (SSSR count). The maximum Gasteiger partial charge on any atom is 0.119 e. The van der Waals surface area contributed by atoms with E-state index < -0.39 is 7.43 Å². The van der Waals surface area contributed by atoms with Crippen LogP contribution in [0.2, 0.25) is 0 Å². The van der Waals surface area contributed by atoms with Crippen molar-refractivity contribution in [3.63, 3.8) is 0 Å². The third-order valence-electron chi connectivity index (χ3n) is 4.81. The van der Waals surface area contributed by atoms with E-state index in [1.807, 2.05) is 18.2 Å². The van der Waals surface area contributed by atoms with Gasteiger partial charge in [-0.1, -0.05) is 116 Å². The molecule has 1 unspecified atom stereocenters. The molecular formula is C24H35ClNP. The number of hydrogen-bond donors (Lipinski definition) is 1. The van der Waals surface area contributed by atoms with Crippen LogP contribution < -0.4 is 10.4 Å². The van der Waals surface area contributed by atoms with Gasteiger partial charge in [0.15, 0.2) is 0 Å². The molecule has 0 heterocycles. The number of anilines is 1. The van der Waals surface area contributed by atoms with Gasteiger partial charge in [0, 0.05) is 11.0 Å². The van der Waals surface area contributed by atoms with Gasteiger partial charge in [0.2, 0.25) is 0 Å². The number of rotatable bonds is 3. The fraction of sp³-hybridized carbons (Fsp3) is 0.500. The quantitative estimate of drug-likeness (QED) is 0.514. The van der Waals surface area contributed by atoms with Crippen molar-refractivity contribution >= 4 is 29.7 Å². The Labute approximate surface area is 172 Å². The van der Waals surface area contributed by atoms with Gasteiger partial charge in [0.1, 0.15) is 7.43 Å². The van der Waals surface area contributed by atoms with E-state index in [0.29, 0.717) is 0 Å². The molecule has 0 fully saturated rings. The Hall–Kier alpha value is -1.04. The Morgan fingerprint density at radius 3 is 1.52 bits per heavy atom. The van der Waals surface area contributed by atoms with Crippen molar-refractivity contribution in [2.75, 3.05) is 5.09 Å². The van der Waals surface area contributed by atoms with Crippen LogP contribution in [0.15, 0.2) is 42.5 Å². The fourth-order valence-electron chi connectivity index (χ4n) is 3.10. The molecule has 0 aromatic heterocycles. The maximum atomic E-state index is 6.87. The Balaban J connectivity index is 2.69. The first-order valence-electron chi connectivity index (χ1n) is 9.68. The predicted molar refractivity (Wildman–Crippen MR) is 125 cm³/mol. The number of benzene rings is 2. The van der Waals surface area contributed by atoms with E-state index in [4.69, 9.17) is 11.2 Å². The average Bonchev–Trinajstić information content (AvgIpc) is 2.52. The van der Waals surface area contributed by atoms with Crippen LogP contribution in [-0.2, 0) is 16.2 Å². The summed E-state index contributed by atoms with van der Waals surface area (Å²) in [5.41, 5.74) is 5.40. The lowest BCUT2D eigenvalue weighted by atomic mass is 9.74. The molecule has 0 saturated carbocycles. The van der Waals surface area contributed by atoms with E-state index in [1.165, 1.54) is 22.4 Å². The molecule has 148 valence electrons. The third-order valence-corrected chi connectivity index (χ3v) is 6.82. The van der Waals surface area contributed by atoms with Crippen molar-refractivity contribution in [2.24, 2.45) is 0 Å². The molecule has 0 aliphatic rings. The molecule has 1 atom stereocenters. The first-order chi connectivity index (χ1) is 12.2. The van der Waals surface area contributed by atoms with Crippen molar-refractivity contribution in [3.05, 3.63) is 59.2 Å². The molecule has 0 bridgehead atoms. The molecule has 3 heteroatoms. The zero-order valence-electron chi connectivity index (χ0n) is 18.4. The smallest absolute Gasteiger partial charge is 0.119 e. The molecule has 0 saturated heterocycles. The minimum Gasteiger partial charge on any atom is -0.348 e. The summed E-state index contributed by atoms with van der Waals surface area (Å²) < 4.78 is 0. The number of hydrogen-bond acceptors (Lipinski definition) is 1. The van der Waals surface area contributed by atoms with Crippen molar-refractivity contribution < 1.29 is 0 Å². The molecule has 0 aliphatic carbocycles. The summed E-state index contributed by atoms with van der Waals surface area (Å²) in [5.74, 6) is 0. The molecule has 0 radical (unpaired) electrons. The lowest BCUT2D eigenvalue weighted by Gasteiger charge is -2.34. The molecule has 0 amide bonds. The summed E-state index contributed by atoms with van der Waals surface area (Å²) in [6.07, 6.45) is 0. The first kappa shape index (κ1) is 22.3. The third kappa shape index (κ3) is 5.49. The summed E-state index contributed by atoms with van der Waals surface area (Å²) in [7, 11) is -0.994. The Bertz CT molecular complexity index is 742. The molecule has 0 aliphatic heterocycles. The van der Waals surface area contributed by atoms with Gasteiger partial charge in [0.25, 0.3) is 0 Å². The van der Waals surface area contributed by atoms with E-state index in [2.05, 4.69) is 91.7 Å². The maximum absolute atomic E-state index is 6.87. The summed E-state index contributed by atoms with van der Waals surface area (Å²) in [5, 5.41) is 4.86. The van der Waals surface area contributed by atoms with Gasteiger partial charge in [0.05, 0.1) is 0 Å². The monoisotopic (exact) mass is 403 g/mol. The Morgan fingerprint density at radius 2 is 1.15 bits per heavy atom. The van der Waals surface area contributed by atoms with Crippen LogP contribution in [0.4, 0.5) is 5.69 Å². The number of halogens is 1. The van der Waals surface area contributed by atoms with Crippen LogP contribution in [0.5, 0.6) is 0 Å². The zero-order valence-corrected chi connectivity index (χ0v) is 20.0. The van der Waals surface area contributed by atoms with E-state index in [1.54, 1.807) is 0 Å². The van der Waals surface area contributed by atoms with Gasteiger partial charge in [-0.25, -0.2) is 0 Å². The minimum absolute atomic E-state index is 0.0212. The van der Waals surface area contributed by atoms with E-state index in [0.717, 1.165) is 5.30 Å². The van der Waals surface area contributed by atoms with Gasteiger partial charge < -0.3 is 5.09 Å². The molecule has 27 heavy (non-hydrogen) atoms. The van der Waals surface area contributed by atoms with Crippen molar-refractivity contribution in [2.45, 2.75) is 78.6 Å².